The second-order valence-corrected chi connectivity index (χ2v) is 9.71. The number of hydrogen-bond donors (Lipinski definition) is 2. The Morgan fingerprint density at radius 2 is 1.88 bits per heavy atom. The molecule has 0 saturated heterocycles. The molecular weight excluding hydrogens is 445 g/mol. The summed E-state index contributed by atoms with van der Waals surface area (Å²) in [5.41, 5.74) is 1.94. The normalized spacial score (nSPS) is 13.9. The van der Waals surface area contributed by atoms with Crippen LogP contribution < -0.4 is 10.0 Å². The number of rotatable bonds is 6. The first-order chi connectivity index (χ1) is 15.8. The van der Waals surface area contributed by atoms with E-state index in [1.807, 2.05) is 31.4 Å². The van der Waals surface area contributed by atoms with Crippen LogP contribution in [0.25, 0.3) is 21.9 Å². The number of amides is 1. The molecule has 10 heteroatoms. The predicted octanol–water partition coefficient (Wildman–Crippen LogP) is 3.47. The van der Waals surface area contributed by atoms with Gasteiger partial charge in [0.05, 0.1) is 6.20 Å². The summed E-state index contributed by atoms with van der Waals surface area (Å²) in [5, 5.41) is 8.60. The van der Waals surface area contributed by atoms with Gasteiger partial charge in [-0.25, -0.2) is 22.5 Å². The molecule has 2 aromatic heterocycles. The maximum atomic E-state index is 14.2. The fraction of sp³-hybridized carbons (Fsp3) is 0.174. The number of halogens is 1. The molecule has 1 saturated carbocycles. The monoisotopic (exact) mass is 465 g/mol. The van der Waals surface area contributed by atoms with Gasteiger partial charge in [-0.15, -0.1) is 0 Å². The van der Waals surface area contributed by atoms with Gasteiger partial charge in [-0.3, -0.25) is 9.48 Å². The number of fused-ring (bicyclic) bond motifs is 1. The predicted molar refractivity (Wildman–Crippen MR) is 122 cm³/mol. The average molecular weight is 466 g/mol. The molecular formula is C23H20FN5O3S. The van der Waals surface area contributed by atoms with Crippen molar-refractivity contribution in [2.24, 2.45) is 7.05 Å². The van der Waals surface area contributed by atoms with E-state index in [1.165, 1.54) is 6.07 Å². The highest BCUT2D eigenvalue weighted by molar-refractivity contribution is 7.89. The van der Waals surface area contributed by atoms with E-state index >= 15 is 0 Å². The molecule has 33 heavy (non-hydrogen) atoms. The quantitative estimate of drug-likeness (QED) is 0.454. The van der Waals surface area contributed by atoms with Crippen LogP contribution >= 0.6 is 0 Å². The van der Waals surface area contributed by atoms with Gasteiger partial charge in [-0.1, -0.05) is 12.1 Å². The SMILES string of the molecule is Cn1cc(-c2ccc3cnc(NC(=O)c4ccc(F)c(S(=O)(=O)NC5CC5)c4)cc3c2)cn1. The van der Waals surface area contributed by atoms with Crippen molar-refractivity contribution in [3.63, 3.8) is 0 Å². The van der Waals surface area contributed by atoms with Crippen molar-refractivity contribution in [2.75, 3.05) is 5.32 Å². The summed E-state index contributed by atoms with van der Waals surface area (Å²) in [6.45, 7) is 0. The van der Waals surface area contributed by atoms with Gasteiger partial charge >= 0.3 is 0 Å². The molecule has 0 atom stereocenters. The molecule has 1 aliphatic rings. The largest absolute Gasteiger partial charge is 0.307 e. The molecule has 1 fully saturated rings. The van der Waals surface area contributed by atoms with E-state index < -0.39 is 26.6 Å². The Morgan fingerprint density at radius 1 is 1.06 bits per heavy atom. The highest BCUT2D eigenvalue weighted by Crippen LogP contribution is 2.26. The smallest absolute Gasteiger partial charge is 0.256 e. The number of sulfonamides is 1. The number of aromatic nitrogens is 3. The van der Waals surface area contributed by atoms with Crippen LogP contribution in [0.1, 0.15) is 23.2 Å². The van der Waals surface area contributed by atoms with Crippen LogP contribution in [0.2, 0.25) is 0 Å². The summed E-state index contributed by atoms with van der Waals surface area (Å²) in [6, 6.07) is 10.7. The first kappa shape index (κ1) is 21.2. The second-order valence-electron chi connectivity index (χ2n) is 8.03. The Morgan fingerprint density at radius 3 is 2.61 bits per heavy atom. The summed E-state index contributed by atoms with van der Waals surface area (Å²) < 4.78 is 43.2. The van der Waals surface area contributed by atoms with Crippen molar-refractivity contribution in [1.82, 2.24) is 19.5 Å². The van der Waals surface area contributed by atoms with E-state index in [2.05, 4.69) is 20.1 Å². The molecule has 0 aliphatic heterocycles. The standard InChI is InChI=1S/C23H20FN5O3S/c1-29-13-18(12-26-29)14-2-3-16-11-25-22(10-17(16)8-14)27-23(30)15-4-7-20(24)21(9-15)33(31,32)28-19-5-6-19/h2-4,7-13,19,28H,5-6H2,1H3,(H,25,27,30). The third kappa shape index (κ3) is 4.48. The lowest BCUT2D eigenvalue weighted by molar-refractivity contribution is 0.102. The summed E-state index contributed by atoms with van der Waals surface area (Å²) in [7, 11) is -2.20. The summed E-state index contributed by atoms with van der Waals surface area (Å²) >= 11 is 0. The second kappa shape index (κ2) is 8.05. The van der Waals surface area contributed by atoms with E-state index in [0.717, 1.165) is 46.9 Å². The molecule has 0 radical (unpaired) electrons. The number of aryl methyl sites for hydroxylation is 1. The first-order valence-corrected chi connectivity index (χ1v) is 11.8. The van der Waals surface area contributed by atoms with Crippen LogP contribution in [0.15, 0.2) is 66.0 Å². The Hall–Kier alpha value is -3.63. The third-order valence-corrected chi connectivity index (χ3v) is 6.92. The number of hydrogen-bond acceptors (Lipinski definition) is 5. The molecule has 2 heterocycles. The van der Waals surface area contributed by atoms with Crippen LogP contribution in [-0.2, 0) is 17.1 Å². The van der Waals surface area contributed by atoms with Crippen LogP contribution in [0.3, 0.4) is 0 Å². The van der Waals surface area contributed by atoms with Crippen molar-refractivity contribution in [2.45, 2.75) is 23.8 Å². The van der Waals surface area contributed by atoms with Gasteiger partial charge in [-0.05, 0) is 54.1 Å². The zero-order chi connectivity index (χ0) is 23.2. The number of anilines is 1. The molecule has 8 nitrogen and oxygen atoms in total. The van der Waals surface area contributed by atoms with Gasteiger partial charge in [0.25, 0.3) is 5.91 Å². The Balaban J connectivity index is 1.41. The number of nitrogens with zero attached hydrogens (tertiary/aromatic N) is 3. The Bertz CT molecular complexity index is 1500. The molecule has 4 aromatic rings. The van der Waals surface area contributed by atoms with Crippen LogP contribution in [0.5, 0.6) is 0 Å². The van der Waals surface area contributed by atoms with Gasteiger partial charge in [0.2, 0.25) is 10.0 Å². The van der Waals surface area contributed by atoms with Gasteiger partial charge in [-0.2, -0.15) is 5.10 Å². The lowest BCUT2D eigenvalue weighted by atomic mass is 10.1. The van der Waals surface area contributed by atoms with Crippen LogP contribution in [0, 0.1) is 5.82 Å². The zero-order valence-corrected chi connectivity index (χ0v) is 18.4. The molecule has 5 rings (SSSR count). The van der Waals surface area contributed by atoms with E-state index in [1.54, 1.807) is 23.1 Å². The highest BCUT2D eigenvalue weighted by Gasteiger charge is 2.30. The summed E-state index contributed by atoms with van der Waals surface area (Å²) in [5.74, 6) is -1.21. The molecule has 168 valence electrons. The Kier molecular flexibility index (Phi) is 5.18. The van der Waals surface area contributed by atoms with Crippen molar-refractivity contribution in [3.8, 4) is 11.1 Å². The Labute approximate surface area is 189 Å². The summed E-state index contributed by atoms with van der Waals surface area (Å²) in [6.07, 6.45) is 6.75. The molecule has 2 aromatic carbocycles. The van der Waals surface area contributed by atoms with Crippen molar-refractivity contribution in [3.05, 3.63) is 72.4 Å². The maximum Gasteiger partial charge on any atom is 0.256 e. The lowest BCUT2D eigenvalue weighted by Gasteiger charge is -2.10. The van der Waals surface area contributed by atoms with Crippen molar-refractivity contribution in [1.29, 1.82) is 0 Å². The molecule has 2 N–H and O–H groups in total. The fourth-order valence-electron chi connectivity index (χ4n) is 3.48. The number of pyridine rings is 1. The minimum absolute atomic E-state index is 0.0126. The average Bonchev–Trinajstić information content (AvgIpc) is 3.48. The summed E-state index contributed by atoms with van der Waals surface area (Å²) in [4.78, 5) is 16.5. The number of benzene rings is 2. The number of carbonyl (C=O) groups is 1. The molecule has 0 spiro atoms. The number of carbonyl (C=O) groups excluding carboxylic acids is 1. The minimum atomic E-state index is -4.04. The lowest BCUT2D eigenvalue weighted by Crippen LogP contribution is -2.27. The minimum Gasteiger partial charge on any atom is -0.307 e. The van der Waals surface area contributed by atoms with Crippen LogP contribution in [-0.4, -0.2) is 35.1 Å². The molecule has 0 unspecified atom stereocenters. The van der Waals surface area contributed by atoms with E-state index in [0.29, 0.717) is 5.82 Å². The number of nitrogens with one attached hydrogen (secondary N) is 2. The van der Waals surface area contributed by atoms with Crippen molar-refractivity contribution < 1.29 is 17.6 Å². The fourth-order valence-corrected chi connectivity index (χ4v) is 4.89. The third-order valence-electron chi connectivity index (χ3n) is 5.38. The molecule has 1 amide bonds. The van der Waals surface area contributed by atoms with Gasteiger partial charge in [0.1, 0.15) is 16.5 Å². The van der Waals surface area contributed by atoms with Crippen molar-refractivity contribution >= 4 is 32.5 Å². The first-order valence-electron chi connectivity index (χ1n) is 10.3. The highest BCUT2D eigenvalue weighted by atomic mass is 32.2. The topological polar surface area (TPSA) is 106 Å². The van der Waals surface area contributed by atoms with E-state index in [9.17, 15) is 17.6 Å². The van der Waals surface area contributed by atoms with Crippen LogP contribution in [0.4, 0.5) is 10.2 Å². The maximum absolute atomic E-state index is 14.2. The zero-order valence-electron chi connectivity index (χ0n) is 17.6. The van der Waals surface area contributed by atoms with Gasteiger partial charge in [0.15, 0.2) is 0 Å². The van der Waals surface area contributed by atoms with Gasteiger partial charge < -0.3 is 5.32 Å². The van der Waals surface area contributed by atoms with E-state index in [4.69, 9.17) is 0 Å². The van der Waals surface area contributed by atoms with E-state index in [-0.39, 0.29) is 11.6 Å². The molecule has 0 bridgehead atoms. The molecule has 1 aliphatic carbocycles. The van der Waals surface area contributed by atoms with Gasteiger partial charge in [0, 0.05) is 42.0 Å².